The van der Waals surface area contributed by atoms with E-state index in [1.165, 1.54) is 12.1 Å². The zero-order chi connectivity index (χ0) is 20.7. The molecule has 3 rings (SSSR count). The Morgan fingerprint density at radius 1 is 1.11 bits per heavy atom. The molecule has 28 heavy (non-hydrogen) atoms. The molecule has 1 aromatic heterocycles. The third kappa shape index (κ3) is 4.63. The fraction of sp³-hybridized carbons (Fsp3) is 0.143. The maximum Gasteiger partial charge on any atom is 0.213 e. The van der Waals surface area contributed by atoms with E-state index in [0.717, 1.165) is 11.6 Å². The Labute approximate surface area is 163 Å². The van der Waals surface area contributed by atoms with Crippen molar-refractivity contribution in [2.75, 3.05) is 0 Å². The molecule has 0 saturated carbocycles. The van der Waals surface area contributed by atoms with Crippen LogP contribution >= 0.6 is 0 Å². The highest BCUT2D eigenvalue weighted by molar-refractivity contribution is 6.16. The number of H-pyrrole nitrogens is 1. The van der Waals surface area contributed by atoms with Crippen molar-refractivity contribution in [3.63, 3.8) is 0 Å². The van der Waals surface area contributed by atoms with Gasteiger partial charge in [-0.15, -0.1) is 0 Å². The second-order valence-electron chi connectivity index (χ2n) is 5.70. The summed E-state index contributed by atoms with van der Waals surface area (Å²) in [7, 11) is 0. The third-order valence-electron chi connectivity index (χ3n) is 3.95. The van der Waals surface area contributed by atoms with Crippen LogP contribution in [0.3, 0.4) is 0 Å². The lowest BCUT2D eigenvalue weighted by Crippen LogP contribution is -2.19. The average molecular weight is 381 g/mol. The fourth-order valence-corrected chi connectivity index (χ4v) is 2.76. The van der Waals surface area contributed by atoms with Gasteiger partial charge in [0.1, 0.15) is 11.6 Å². The van der Waals surface area contributed by atoms with Gasteiger partial charge in [0.2, 0.25) is 5.96 Å². The van der Waals surface area contributed by atoms with Crippen LogP contribution in [0.4, 0.5) is 4.39 Å². The number of rotatable bonds is 4. The Morgan fingerprint density at radius 2 is 1.79 bits per heavy atom. The van der Waals surface area contributed by atoms with E-state index in [1.807, 2.05) is 44.2 Å². The quantitative estimate of drug-likeness (QED) is 0.350. The number of aromatic hydroxyl groups is 1. The fourth-order valence-electron chi connectivity index (χ4n) is 2.76. The van der Waals surface area contributed by atoms with Crippen LogP contribution < -0.4 is 11.5 Å². The molecule has 0 aliphatic heterocycles. The van der Waals surface area contributed by atoms with E-state index in [-0.39, 0.29) is 17.3 Å². The number of phenols is 1. The number of nitrogens with two attached hydrogens (primary N) is 2. The normalized spacial score (nSPS) is 12.1. The second-order valence-corrected chi connectivity index (χ2v) is 5.70. The molecule has 0 amide bonds. The molecule has 3 aromatic rings. The number of halogens is 1. The summed E-state index contributed by atoms with van der Waals surface area (Å²) < 4.78 is 14.2. The van der Waals surface area contributed by atoms with Crippen molar-refractivity contribution in [1.29, 1.82) is 5.41 Å². The van der Waals surface area contributed by atoms with Gasteiger partial charge in [-0.3, -0.25) is 5.41 Å². The highest BCUT2D eigenvalue weighted by atomic mass is 19.1. The first-order chi connectivity index (χ1) is 13.5. The third-order valence-corrected chi connectivity index (χ3v) is 3.95. The van der Waals surface area contributed by atoms with Gasteiger partial charge < -0.3 is 21.6 Å². The largest absolute Gasteiger partial charge is 0.508 e. The first-order valence-corrected chi connectivity index (χ1v) is 8.87. The summed E-state index contributed by atoms with van der Waals surface area (Å²) in [6.45, 7) is 4.00. The number of aliphatic imine (C=N–C) groups is 1. The van der Waals surface area contributed by atoms with Crippen LogP contribution in [0.5, 0.6) is 5.75 Å². The van der Waals surface area contributed by atoms with Gasteiger partial charge in [0, 0.05) is 29.0 Å². The number of benzene rings is 2. The predicted molar refractivity (Wildman–Crippen MR) is 110 cm³/mol. The molecule has 7 heteroatoms. The van der Waals surface area contributed by atoms with E-state index in [2.05, 4.69) is 9.98 Å². The average Bonchev–Trinajstić information content (AvgIpc) is 3.17. The summed E-state index contributed by atoms with van der Waals surface area (Å²) in [6.07, 6.45) is 1.67. The van der Waals surface area contributed by atoms with Crippen molar-refractivity contribution < 1.29 is 9.50 Å². The monoisotopic (exact) mass is 381 g/mol. The Hall–Kier alpha value is -3.45. The van der Waals surface area contributed by atoms with Crippen LogP contribution in [0.1, 0.15) is 42.3 Å². The van der Waals surface area contributed by atoms with Gasteiger partial charge in [-0.1, -0.05) is 50.2 Å². The zero-order valence-corrected chi connectivity index (χ0v) is 15.8. The molecule has 0 saturated heterocycles. The van der Waals surface area contributed by atoms with Crippen molar-refractivity contribution in [2.24, 2.45) is 16.5 Å². The van der Waals surface area contributed by atoms with Gasteiger partial charge in [0.25, 0.3) is 0 Å². The van der Waals surface area contributed by atoms with Crippen molar-refractivity contribution in [1.82, 2.24) is 4.98 Å². The molecule has 1 heterocycles. The molecular weight excluding hydrogens is 357 g/mol. The molecule has 0 radical (unpaired) electrons. The van der Waals surface area contributed by atoms with E-state index in [4.69, 9.17) is 16.9 Å². The van der Waals surface area contributed by atoms with Gasteiger partial charge in [0.15, 0.2) is 0 Å². The van der Waals surface area contributed by atoms with Gasteiger partial charge in [0.05, 0.1) is 17.4 Å². The Kier molecular flexibility index (Phi) is 7.06. The van der Waals surface area contributed by atoms with Gasteiger partial charge in [-0.05, 0) is 12.1 Å². The zero-order valence-electron chi connectivity index (χ0n) is 15.8. The van der Waals surface area contributed by atoms with Gasteiger partial charge in [-0.25, -0.2) is 9.38 Å². The highest BCUT2D eigenvalue weighted by Crippen LogP contribution is 2.28. The van der Waals surface area contributed by atoms with Crippen LogP contribution in [-0.4, -0.2) is 21.8 Å². The maximum absolute atomic E-state index is 14.2. The van der Waals surface area contributed by atoms with Gasteiger partial charge in [-0.2, -0.15) is 0 Å². The molecule has 6 nitrogen and oxygen atoms in total. The van der Waals surface area contributed by atoms with Crippen LogP contribution in [0, 0.1) is 11.2 Å². The molecule has 0 fully saturated rings. The number of aromatic amines is 1. The van der Waals surface area contributed by atoms with E-state index < -0.39 is 11.9 Å². The number of hydrogen-bond donors (Lipinski definition) is 5. The molecule has 7 N–H and O–H groups in total. The lowest BCUT2D eigenvalue weighted by Gasteiger charge is -2.16. The van der Waals surface area contributed by atoms with Crippen LogP contribution in [-0.2, 0) is 0 Å². The molecular formula is C21H24FN5O. The maximum atomic E-state index is 14.2. The predicted octanol–water partition coefficient (Wildman–Crippen LogP) is 3.66. The minimum Gasteiger partial charge on any atom is -0.508 e. The number of hydrogen-bond acceptors (Lipinski definition) is 3. The molecule has 0 aliphatic rings. The van der Waals surface area contributed by atoms with Crippen molar-refractivity contribution >= 4 is 11.7 Å². The van der Waals surface area contributed by atoms with E-state index in [9.17, 15) is 9.50 Å². The van der Waals surface area contributed by atoms with Crippen LogP contribution in [0.25, 0.3) is 0 Å². The highest BCUT2D eigenvalue weighted by Gasteiger charge is 2.21. The van der Waals surface area contributed by atoms with Crippen LogP contribution in [0.2, 0.25) is 0 Å². The molecule has 0 aliphatic carbocycles. The summed E-state index contributed by atoms with van der Waals surface area (Å²) in [6, 6.07) is 14.0. The minimum atomic E-state index is -0.794. The second kappa shape index (κ2) is 9.48. The van der Waals surface area contributed by atoms with Crippen molar-refractivity contribution in [2.45, 2.75) is 19.9 Å². The first kappa shape index (κ1) is 20.9. The van der Waals surface area contributed by atoms with E-state index in [1.54, 1.807) is 12.3 Å². The number of aromatic nitrogens is 1. The van der Waals surface area contributed by atoms with E-state index >= 15 is 0 Å². The van der Waals surface area contributed by atoms with Gasteiger partial charge >= 0.3 is 0 Å². The molecule has 1 atom stereocenters. The SMILES string of the molecule is CC.N=C(N)/N=C(/c1ccccc1)c1[nH]ccc1C(N)c1ccc(O)cc1F. The summed E-state index contributed by atoms with van der Waals surface area (Å²) in [5, 5.41) is 16.9. The Balaban J connectivity index is 0.00000136. The molecule has 1 unspecified atom stereocenters. The Morgan fingerprint density at radius 3 is 2.39 bits per heavy atom. The lowest BCUT2D eigenvalue weighted by atomic mass is 9.95. The summed E-state index contributed by atoms with van der Waals surface area (Å²) in [5.74, 6) is -1.13. The summed E-state index contributed by atoms with van der Waals surface area (Å²) in [4.78, 5) is 7.18. The van der Waals surface area contributed by atoms with E-state index in [0.29, 0.717) is 17.0 Å². The van der Waals surface area contributed by atoms with Crippen LogP contribution in [0.15, 0.2) is 65.8 Å². The lowest BCUT2D eigenvalue weighted by molar-refractivity contribution is 0.467. The molecule has 0 bridgehead atoms. The molecule has 2 aromatic carbocycles. The summed E-state index contributed by atoms with van der Waals surface area (Å²) in [5.41, 5.74) is 14.3. The molecule has 146 valence electrons. The van der Waals surface area contributed by atoms with Crippen molar-refractivity contribution in [3.05, 3.63) is 89.0 Å². The topological polar surface area (TPSA) is 124 Å². The standard InChI is InChI=1S/C19H18FN5O.C2H6/c20-15-10-12(26)6-7-13(15)16(21)14-8-9-24-18(14)17(25-19(22)23)11-4-2-1-3-5-11;1-2/h1-10,16,24,26H,21H2,(H3,22,23);1-2H3/b25-17-;. The number of nitrogens with zero attached hydrogens (tertiary/aromatic N) is 1. The Bertz CT molecular complexity index is 966. The smallest absolute Gasteiger partial charge is 0.213 e. The van der Waals surface area contributed by atoms with Crippen molar-refractivity contribution in [3.8, 4) is 5.75 Å². The number of guanidine groups is 1. The number of nitrogens with one attached hydrogen (secondary N) is 2. The minimum absolute atomic E-state index is 0.171. The first-order valence-electron chi connectivity index (χ1n) is 8.87. The molecule has 0 spiro atoms. The number of phenolic OH excluding ortho intramolecular Hbond substituents is 1. The summed E-state index contributed by atoms with van der Waals surface area (Å²) >= 11 is 0.